The topological polar surface area (TPSA) is 28.7 Å². The molecule has 1 aromatic rings. The van der Waals surface area contributed by atoms with E-state index >= 15 is 0 Å². The van der Waals surface area contributed by atoms with E-state index in [9.17, 15) is 0 Å². The van der Waals surface area contributed by atoms with Gasteiger partial charge in [0.15, 0.2) is 0 Å². The molecule has 1 heterocycles. The van der Waals surface area contributed by atoms with E-state index in [0.29, 0.717) is 0 Å². The maximum absolute atomic E-state index is 3.95. The number of nitrogens with one attached hydrogen (secondary N) is 1. The second kappa shape index (κ2) is 4.08. The van der Waals surface area contributed by atoms with Gasteiger partial charge in [-0.25, -0.2) is 0 Å². The van der Waals surface area contributed by atoms with Gasteiger partial charge in [-0.05, 0) is 0 Å². The molecule has 0 atom stereocenters. The van der Waals surface area contributed by atoms with Crippen molar-refractivity contribution in [1.29, 1.82) is 0 Å². The molecule has 0 aliphatic heterocycles. The monoisotopic (exact) mass is 213 g/mol. The SMILES string of the molecule is CC(C)(C)C(=C[CH]=[V])c1cn[nH]c1. The first-order valence-corrected chi connectivity index (χ1v) is 5.03. The number of aromatic nitrogens is 2. The predicted octanol–water partition coefficient (Wildman–Crippen LogP) is 2.19. The first kappa shape index (κ1) is 10.5. The second-order valence-corrected chi connectivity index (χ2v) is 4.43. The molecule has 0 aromatic carbocycles. The summed E-state index contributed by atoms with van der Waals surface area (Å²) in [6.45, 7) is 6.59. The quantitative estimate of drug-likeness (QED) is 0.801. The Labute approximate surface area is 87.9 Å². The first-order valence-electron chi connectivity index (χ1n) is 4.23. The summed E-state index contributed by atoms with van der Waals surface area (Å²) >= 11 is 2.45. The third-order valence-corrected chi connectivity index (χ3v) is 2.09. The average Bonchev–Trinajstić information content (AvgIpc) is 2.49. The van der Waals surface area contributed by atoms with Crippen molar-refractivity contribution in [2.45, 2.75) is 20.8 Å². The van der Waals surface area contributed by atoms with Gasteiger partial charge in [0.05, 0.1) is 0 Å². The molecule has 0 spiro atoms. The van der Waals surface area contributed by atoms with E-state index < -0.39 is 0 Å². The molecule has 0 saturated carbocycles. The molecule has 1 rings (SSSR count). The van der Waals surface area contributed by atoms with Crippen molar-refractivity contribution in [2.24, 2.45) is 5.41 Å². The summed E-state index contributed by atoms with van der Waals surface area (Å²) in [5.74, 6) is 0. The molecule has 0 amide bonds. The fourth-order valence-electron chi connectivity index (χ4n) is 1.25. The molecule has 0 unspecified atom stereocenters. The Morgan fingerprint density at radius 2 is 2.23 bits per heavy atom. The van der Waals surface area contributed by atoms with Gasteiger partial charge in [0, 0.05) is 0 Å². The van der Waals surface area contributed by atoms with Crippen molar-refractivity contribution in [2.75, 3.05) is 0 Å². The molecule has 13 heavy (non-hydrogen) atoms. The number of hydrogen-bond acceptors (Lipinski definition) is 1. The molecule has 0 bridgehead atoms. The van der Waals surface area contributed by atoms with Gasteiger partial charge in [-0.1, -0.05) is 0 Å². The van der Waals surface area contributed by atoms with Crippen LogP contribution in [0, 0.1) is 5.41 Å². The zero-order valence-electron chi connectivity index (χ0n) is 8.20. The summed E-state index contributed by atoms with van der Waals surface area (Å²) < 4.78 is 2.00. The molecular formula is C10H14N2V. The number of aromatic amines is 1. The molecule has 2 nitrogen and oxygen atoms in total. The molecule has 69 valence electrons. The molecule has 0 aliphatic rings. The summed E-state index contributed by atoms with van der Waals surface area (Å²) in [7, 11) is 0. The van der Waals surface area contributed by atoms with Crippen LogP contribution in [-0.2, 0) is 17.0 Å². The molecule has 0 radical (unpaired) electrons. The van der Waals surface area contributed by atoms with E-state index in [1.807, 2.05) is 17.1 Å². The molecule has 0 aliphatic carbocycles. The molecule has 0 saturated heterocycles. The van der Waals surface area contributed by atoms with Gasteiger partial charge < -0.3 is 0 Å². The van der Waals surface area contributed by atoms with E-state index in [4.69, 9.17) is 0 Å². The molecule has 1 N–H and O–H groups in total. The summed E-state index contributed by atoms with van der Waals surface area (Å²) in [4.78, 5) is 0. The number of nitrogens with zero attached hydrogens (tertiary/aromatic N) is 1. The Morgan fingerprint density at radius 1 is 1.54 bits per heavy atom. The normalized spacial score (nSPS) is 12.9. The Balaban J connectivity index is 3.09. The van der Waals surface area contributed by atoms with E-state index in [2.05, 4.69) is 54.0 Å². The van der Waals surface area contributed by atoms with Crippen molar-refractivity contribution in [3.05, 3.63) is 24.0 Å². The van der Waals surface area contributed by atoms with Gasteiger partial charge in [-0.2, -0.15) is 0 Å². The van der Waals surface area contributed by atoms with Gasteiger partial charge in [-0.15, -0.1) is 0 Å². The fourth-order valence-corrected chi connectivity index (χ4v) is 1.48. The van der Waals surface area contributed by atoms with Crippen LogP contribution in [0.4, 0.5) is 0 Å². The third kappa shape index (κ3) is 2.68. The Kier molecular flexibility index (Phi) is 3.29. The number of H-pyrrole nitrogens is 1. The Morgan fingerprint density at radius 3 is 2.62 bits per heavy atom. The van der Waals surface area contributed by atoms with Crippen molar-refractivity contribution in [3.8, 4) is 0 Å². The molecule has 1 aromatic heterocycles. The Hall–Kier alpha value is -0.596. The minimum absolute atomic E-state index is 0.153. The van der Waals surface area contributed by atoms with Crippen LogP contribution in [0.3, 0.4) is 0 Å². The summed E-state index contributed by atoms with van der Waals surface area (Å²) in [5, 5.41) is 6.78. The van der Waals surface area contributed by atoms with Gasteiger partial charge >= 0.3 is 87.7 Å². The van der Waals surface area contributed by atoms with E-state index in [1.165, 1.54) is 5.57 Å². The number of rotatable bonds is 2. The van der Waals surface area contributed by atoms with Crippen molar-refractivity contribution >= 4 is 10.3 Å². The van der Waals surface area contributed by atoms with Crippen LogP contribution in [-0.4, -0.2) is 14.9 Å². The van der Waals surface area contributed by atoms with E-state index in [0.717, 1.165) is 5.56 Å². The van der Waals surface area contributed by atoms with Gasteiger partial charge in [-0.3, -0.25) is 0 Å². The zero-order chi connectivity index (χ0) is 9.90. The average molecular weight is 213 g/mol. The fraction of sp³-hybridized carbons (Fsp3) is 0.400. The van der Waals surface area contributed by atoms with E-state index in [1.54, 1.807) is 0 Å². The van der Waals surface area contributed by atoms with Gasteiger partial charge in [0.25, 0.3) is 0 Å². The van der Waals surface area contributed by atoms with Crippen LogP contribution in [0.25, 0.3) is 5.57 Å². The van der Waals surface area contributed by atoms with E-state index in [-0.39, 0.29) is 5.41 Å². The summed E-state index contributed by atoms with van der Waals surface area (Å²) in [6.07, 6.45) is 5.89. The van der Waals surface area contributed by atoms with Crippen LogP contribution in [0.1, 0.15) is 26.3 Å². The second-order valence-electron chi connectivity index (χ2n) is 3.97. The van der Waals surface area contributed by atoms with Crippen molar-refractivity contribution in [1.82, 2.24) is 10.2 Å². The number of allylic oxidation sites excluding steroid dienone is 2. The predicted molar refractivity (Wildman–Crippen MR) is 52.1 cm³/mol. The van der Waals surface area contributed by atoms with Crippen LogP contribution in [0.15, 0.2) is 18.5 Å². The summed E-state index contributed by atoms with van der Waals surface area (Å²) in [5.41, 5.74) is 2.61. The minimum atomic E-state index is 0.153. The van der Waals surface area contributed by atoms with Gasteiger partial charge in [0.2, 0.25) is 0 Å². The summed E-state index contributed by atoms with van der Waals surface area (Å²) in [6, 6.07) is 0. The van der Waals surface area contributed by atoms with Crippen LogP contribution >= 0.6 is 0 Å². The van der Waals surface area contributed by atoms with Crippen LogP contribution in [0.5, 0.6) is 0 Å². The first-order chi connectivity index (χ1) is 6.05. The molecule has 0 fully saturated rings. The van der Waals surface area contributed by atoms with Gasteiger partial charge in [0.1, 0.15) is 0 Å². The third-order valence-electron chi connectivity index (χ3n) is 1.86. The van der Waals surface area contributed by atoms with Crippen LogP contribution in [0.2, 0.25) is 0 Å². The molecule has 3 heteroatoms. The maximum atomic E-state index is 3.95. The number of hydrogen-bond donors (Lipinski definition) is 1. The Bertz CT molecular complexity index is 304. The standard InChI is InChI=1S/C10H14N2.V/c1-5-9(10(2,3)4)8-6-11-12-7-8;/h1,5-7H,2-4H3,(H,11,12);. The zero-order valence-corrected chi connectivity index (χ0v) is 9.60. The van der Waals surface area contributed by atoms with Crippen molar-refractivity contribution < 1.29 is 17.0 Å². The molecular weight excluding hydrogens is 199 g/mol. The van der Waals surface area contributed by atoms with Crippen molar-refractivity contribution in [3.63, 3.8) is 0 Å². The van der Waals surface area contributed by atoms with Crippen LogP contribution < -0.4 is 0 Å².